The first kappa shape index (κ1) is 17.5. The number of benzene rings is 2. The molecule has 0 fully saturated rings. The number of methoxy groups -OCH3 is 1. The van der Waals surface area contributed by atoms with Crippen LogP contribution in [-0.4, -0.2) is 30.8 Å². The van der Waals surface area contributed by atoms with Gasteiger partial charge >= 0.3 is 0 Å². The van der Waals surface area contributed by atoms with E-state index in [2.05, 4.69) is 28.5 Å². The second-order valence-electron chi connectivity index (χ2n) is 5.69. The van der Waals surface area contributed by atoms with E-state index in [1.807, 2.05) is 18.3 Å². The van der Waals surface area contributed by atoms with Crippen LogP contribution in [0.4, 0.5) is 0 Å². The molecule has 1 amide bonds. The van der Waals surface area contributed by atoms with Crippen molar-refractivity contribution in [2.24, 2.45) is 5.10 Å². The van der Waals surface area contributed by atoms with E-state index in [1.165, 1.54) is 5.56 Å². The van der Waals surface area contributed by atoms with Gasteiger partial charge in [-0.2, -0.15) is 5.10 Å². The van der Waals surface area contributed by atoms with E-state index in [1.54, 1.807) is 37.6 Å². The Bertz CT molecular complexity index is 914. The number of H-pyrrole nitrogens is 1. The summed E-state index contributed by atoms with van der Waals surface area (Å²) in [7, 11) is 1.60. The molecule has 0 atom stereocenters. The summed E-state index contributed by atoms with van der Waals surface area (Å²) in [4.78, 5) is 15.1. The Morgan fingerprint density at radius 1 is 1.19 bits per heavy atom. The molecule has 0 unspecified atom stereocenters. The summed E-state index contributed by atoms with van der Waals surface area (Å²) >= 11 is 0. The fraction of sp³-hybridized carbons (Fsp3) is 0.200. The highest BCUT2D eigenvalue weighted by Gasteiger charge is 2.05. The molecule has 3 aromatic rings. The topological polar surface area (TPSA) is 75.7 Å². The molecular weight excluding hydrogens is 330 g/mol. The van der Waals surface area contributed by atoms with Gasteiger partial charge in [-0.05, 0) is 36.2 Å². The maximum absolute atomic E-state index is 11.8. The van der Waals surface area contributed by atoms with Gasteiger partial charge in [0.15, 0.2) is 6.61 Å². The lowest BCUT2D eigenvalue weighted by Crippen LogP contribution is -2.24. The third kappa shape index (κ3) is 4.03. The lowest BCUT2D eigenvalue weighted by atomic mass is 10.1. The highest BCUT2D eigenvalue weighted by molar-refractivity contribution is 6.00. The number of nitrogens with one attached hydrogen (secondary N) is 2. The molecule has 1 aromatic heterocycles. The summed E-state index contributed by atoms with van der Waals surface area (Å²) in [6, 6.07) is 13.2. The molecule has 0 radical (unpaired) electrons. The quantitative estimate of drug-likeness (QED) is 0.507. The van der Waals surface area contributed by atoms with Crippen molar-refractivity contribution in [3.63, 3.8) is 0 Å². The van der Waals surface area contributed by atoms with Gasteiger partial charge in [-0.1, -0.05) is 25.1 Å². The summed E-state index contributed by atoms with van der Waals surface area (Å²) in [5.74, 6) is 0.996. The van der Waals surface area contributed by atoms with Crippen molar-refractivity contribution in [3.8, 4) is 11.5 Å². The number of para-hydroxylation sites is 1. The number of amides is 1. The Balaban J connectivity index is 1.55. The zero-order valence-electron chi connectivity index (χ0n) is 14.8. The third-order valence-corrected chi connectivity index (χ3v) is 4.04. The number of aromatic amines is 1. The number of carbonyl (C=O) groups excluding carboxylic acids is 1. The zero-order chi connectivity index (χ0) is 18.4. The molecule has 1 heterocycles. The monoisotopic (exact) mass is 351 g/mol. The van der Waals surface area contributed by atoms with Crippen molar-refractivity contribution >= 4 is 23.0 Å². The Morgan fingerprint density at radius 3 is 2.69 bits per heavy atom. The van der Waals surface area contributed by atoms with Gasteiger partial charge in [0.05, 0.1) is 13.3 Å². The van der Waals surface area contributed by atoms with Gasteiger partial charge in [-0.3, -0.25) is 4.79 Å². The second-order valence-corrected chi connectivity index (χ2v) is 5.69. The SMILES string of the molecule is CCc1cccc2c(/C=N/NC(=O)COc3ccc(OC)cc3)c[nH]c12. The highest BCUT2D eigenvalue weighted by atomic mass is 16.5. The lowest BCUT2D eigenvalue weighted by Gasteiger charge is -2.05. The van der Waals surface area contributed by atoms with Crippen molar-refractivity contribution in [2.45, 2.75) is 13.3 Å². The minimum absolute atomic E-state index is 0.114. The van der Waals surface area contributed by atoms with Crippen LogP contribution in [0, 0.1) is 0 Å². The van der Waals surface area contributed by atoms with Gasteiger partial charge < -0.3 is 14.5 Å². The van der Waals surface area contributed by atoms with Crippen molar-refractivity contribution < 1.29 is 14.3 Å². The molecule has 2 aromatic carbocycles. The summed E-state index contributed by atoms with van der Waals surface area (Å²) in [5, 5.41) is 5.09. The van der Waals surface area contributed by atoms with E-state index >= 15 is 0 Å². The zero-order valence-corrected chi connectivity index (χ0v) is 14.8. The predicted molar refractivity (Wildman–Crippen MR) is 102 cm³/mol. The van der Waals surface area contributed by atoms with Crippen LogP contribution in [0.3, 0.4) is 0 Å². The number of carbonyl (C=O) groups is 1. The molecule has 0 aliphatic rings. The standard InChI is InChI=1S/C20H21N3O3/c1-3-14-5-4-6-18-15(11-21-20(14)18)12-22-23-19(24)13-26-17-9-7-16(25-2)8-10-17/h4-12,21H,3,13H2,1-2H3,(H,23,24)/b22-12+. The van der Waals surface area contributed by atoms with Gasteiger partial charge in [-0.25, -0.2) is 5.43 Å². The molecule has 0 saturated heterocycles. The van der Waals surface area contributed by atoms with Crippen LogP contribution in [0.1, 0.15) is 18.1 Å². The molecule has 0 spiro atoms. The number of hydrazone groups is 1. The van der Waals surface area contributed by atoms with Crippen LogP contribution in [0.15, 0.2) is 53.8 Å². The van der Waals surface area contributed by atoms with Gasteiger partial charge in [-0.15, -0.1) is 0 Å². The van der Waals surface area contributed by atoms with E-state index < -0.39 is 0 Å². The molecule has 134 valence electrons. The Hall–Kier alpha value is -3.28. The number of ether oxygens (including phenoxy) is 2. The molecule has 0 bridgehead atoms. The molecule has 26 heavy (non-hydrogen) atoms. The Kier molecular flexibility index (Phi) is 5.53. The lowest BCUT2D eigenvalue weighted by molar-refractivity contribution is -0.123. The van der Waals surface area contributed by atoms with Gasteiger partial charge in [0.25, 0.3) is 5.91 Å². The van der Waals surface area contributed by atoms with E-state index in [9.17, 15) is 4.79 Å². The molecule has 6 nitrogen and oxygen atoms in total. The van der Waals surface area contributed by atoms with Crippen molar-refractivity contribution in [1.82, 2.24) is 10.4 Å². The molecule has 2 N–H and O–H groups in total. The largest absolute Gasteiger partial charge is 0.497 e. The van der Waals surface area contributed by atoms with E-state index in [0.29, 0.717) is 5.75 Å². The third-order valence-electron chi connectivity index (χ3n) is 4.04. The molecular formula is C20H21N3O3. The second kappa shape index (κ2) is 8.20. The first-order valence-electron chi connectivity index (χ1n) is 8.39. The first-order chi connectivity index (χ1) is 12.7. The van der Waals surface area contributed by atoms with Crippen LogP contribution < -0.4 is 14.9 Å². The summed E-state index contributed by atoms with van der Waals surface area (Å²) in [6.45, 7) is 2.00. The van der Waals surface area contributed by atoms with E-state index in [4.69, 9.17) is 9.47 Å². The van der Waals surface area contributed by atoms with Gasteiger partial charge in [0, 0.05) is 22.7 Å². The smallest absolute Gasteiger partial charge is 0.277 e. The van der Waals surface area contributed by atoms with Crippen LogP contribution >= 0.6 is 0 Å². The minimum atomic E-state index is -0.328. The van der Waals surface area contributed by atoms with Crippen LogP contribution in [0.2, 0.25) is 0 Å². The number of hydrogen-bond donors (Lipinski definition) is 2. The number of aryl methyl sites for hydroxylation is 1. The average molecular weight is 351 g/mol. The molecule has 0 saturated carbocycles. The number of fused-ring (bicyclic) bond motifs is 1. The number of aromatic nitrogens is 1. The van der Waals surface area contributed by atoms with Crippen LogP contribution in [0.5, 0.6) is 11.5 Å². The van der Waals surface area contributed by atoms with Crippen LogP contribution in [-0.2, 0) is 11.2 Å². The summed E-state index contributed by atoms with van der Waals surface area (Å²) < 4.78 is 10.5. The number of rotatable bonds is 7. The minimum Gasteiger partial charge on any atom is -0.497 e. The molecule has 3 rings (SSSR count). The number of nitrogens with zero attached hydrogens (tertiary/aromatic N) is 1. The van der Waals surface area contributed by atoms with E-state index in [-0.39, 0.29) is 12.5 Å². The molecule has 0 aliphatic carbocycles. The first-order valence-corrected chi connectivity index (χ1v) is 8.39. The van der Waals surface area contributed by atoms with Gasteiger partial charge in [0.2, 0.25) is 0 Å². The number of hydrogen-bond acceptors (Lipinski definition) is 4. The van der Waals surface area contributed by atoms with E-state index in [0.717, 1.165) is 28.6 Å². The summed E-state index contributed by atoms with van der Waals surface area (Å²) in [5.41, 5.74) is 5.75. The molecule has 0 aliphatic heterocycles. The Labute approximate surface area is 151 Å². The van der Waals surface area contributed by atoms with Crippen LogP contribution in [0.25, 0.3) is 10.9 Å². The van der Waals surface area contributed by atoms with Crippen molar-refractivity contribution in [1.29, 1.82) is 0 Å². The summed E-state index contributed by atoms with van der Waals surface area (Å²) in [6.07, 6.45) is 4.46. The normalized spacial score (nSPS) is 11.0. The van der Waals surface area contributed by atoms with Gasteiger partial charge in [0.1, 0.15) is 11.5 Å². The maximum Gasteiger partial charge on any atom is 0.277 e. The highest BCUT2D eigenvalue weighted by Crippen LogP contribution is 2.21. The van der Waals surface area contributed by atoms with Crippen molar-refractivity contribution in [2.75, 3.05) is 13.7 Å². The Morgan fingerprint density at radius 2 is 1.96 bits per heavy atom. The predicted octanol–water partition coefficient (Wildman–Crippen LogP) is 3.27. The average Bonchev–Trinajstić information content (AvgIpc) is 3.10. The van der Waals surface area contributed by atoms with Crippen molar-refractivity contribution in [3.05, 3.63) is 59.8 Å². The molecule has 6 heteroatoms. The fourth-order valence-electron chi connectivity index (χ4n) is 2.67. The maximum atomic E-state index is 11.8. The fourth-order valence-corrected chi connectivity index (χ4v) is 2.67.